The first kappa shape index (κ1) is 72.1. The largest absolute Gasteiger partial charge is 0.0622 e. The van der Waals surface area contributed by atoms with Gasteiger partial charge in [-0.3, -0.25) is 9.36 Å². The van der Waals surface area contributed by atoms with Gasteiger partial charge in [-0.25, -0.2) is 29.3 Å². The molecule has 0 N–H and O–H groups in total. The van der Waals surface area contributed by atoms with Crippen molar-refractivity contribution in [2.45, 2.75) is 64.8 Å². The number of hydrogen-bond donors (Lipinski definition) is 0. The van der Waals surface area contributed by atoms with Gasteiger partial charge in [0.15, 0.2) is 11.3 Å². The molecule has 18 nitrogen and oxygen atoms in total. The molecule has 0 unspecified atom stereocenters. The molecule has 0 atom stereocenters. The van der Waals surface area contributed by atoms with Gasteiger partial charge in [0.05, 0.1) is 61.8 Å². The van der Waals surface area contributed by atoms with E-state index in [1.54, 1.807) is 43.5 Å². The van der Waals surface area contributed by atoms with Crippen LogP contribution in [0.15, 0.2) is 260 Å². The topological polar surface area (TPSA) is 186 Å². The van der Waals surface area contributed by atoms with Crippen molar-refractivity contribution >= 4 is 118 Å². The first-order chi connectivity index (χ1) is 49.2. The molecule has 0 saturated carbocycles. The van der Waals surface area contributed by atoms with Crippen LogP contribution < -0.4 is 46.8 Å². The molecule has 3 aliphatic heterocycles. The van der Waals surface area contributed by atoms with Crippen LogP contribution in [0.5, 0.6) is 11.5 Å². The van der Waals surface area contributed by atoms with Gasteiger partial charge < -0.3 is 18.8 Å². The third-order valence-electron chi connectivity index (χ3n) is 16.9. The molecule has 1 saturated heterocycles. The number of halogens is 3. The van der Waals surface area contributed by atoms with E-state index in [1.165, 1.54) is 43.0 Å². The predicted octanol–water partition coefficient (Wildman–Crippen LogP) is 12.6. The molecule has 8 aromatic carbocycles. The first-order valence-corrected chi connectivity index (χ1v) is 40.0. The molecule has 1 fully saturated rings. The van der Waals surface area contributed by atoms with E-state index in [2.05, 4.69) is 267 Å². The van der Waals surface area contributed by atoms with Crippen LogP contribution in [0.4, 0.5) is 0 Å². The molecule has 514 valence electrons. The third kappa shape index (κ3) is 18.5. The Labute approximate surface area is 614 Å². The zero-order valence-electron chi connectivity index (χ0n) is 56.3. The Morgan fingerprint density at radius 1 is 0.485 bits per heavy atom. The molecule has 14 aromatic rings. The van der Waals surface area contributed by atoms with E-state index in [1.807, 2.05) is 72.4 Å². The van der Waals surface area contributed by atoms with Crippen LogP contribution in [0.1, 0.15) is 49.9 Å². The van der Waals surface area contributed by atoms with Crippen molar-refractivity contribution in [3.05, 3.63) is 282 Å². The summed E-state index contributed by atoms with van der Waals surface area (Å²) in [7, 11) is 12.2. The number of benzene rings is 8. The Morgan fingerprint density at radius 3 is 1.24 bits per heavy atom. The van der Waals surface area contributed by atoms with Crippen molar-refractivity contribution in [2.24, 2.45) is 14.1 Å². The van der Waals surface area contributed by atoms with Gasteiger partial charge in [0.25, 0.3) is 0 Å². The molecule has 25 heteroatoms. The SMILES string of the molecule is Brc1cnc2nnn(Cc3ccc4c(c3)CCO4)c2n1.Cn1cc(-c2cnc3nnn(Cc4ccc5c(c4)CCO5)c3n2)cn1.Cn1cc(B2OC(C)(C)C(C)(C)O2)cn1.[Cl][Pd][Cl].c1ccc(P(c2ccccc2)c2ccccc2)cc1.c1ccc(P(c2ccccc2)c2ccccc2)cc1. The molecule has 0 radical (unpaired) electrons. The third-order valence-corrected chi connectivity index (χ3v) is 22.2. The average molecular weight is 1580 g/mol. The maximum absolute atomic E-state index is 5.89. The van der Waals surface area contributed by atoms with E-state index in [-0.39, 0.29) is 34.3 Å². The first-order valence-electron chi connectivity index (χ1n) is 32.5. The standard InChI is InChI=1S/2C18H15P.C17H15N7O.C13H10BrN5O.C10H17BN2O2.2ClH.Pd/c2*1-4-10-16(11-5-1)19(17-12-6-2-7-13-17)18-14-8-3-9-15-18;1-23-10-13(7-19-23)14-8-18-16-17(20-14)24(22-21-16)9-11-2-3-15-12(6-11)4-5-25-15;14-11-6-15-12-13(16-11)19(18-17-12)7-8-1-2-10-9(5-8)3-4-20-10;1-9(2)10(3,4)15-11(14-9)8-6-12-13(5)7-8;;;/h2*1-15H;2-3,6-8,10H,4-5,9H2,1H3;1-2,5-6H,3-4,7H2;6-7H,1-5H3;2*1H;/q;;;;;;;+2/p-2. The van der Waals surface area contributed by atoms with Crippen molar-refractivity contribution < 1.29 is 34.7 Å². The summed E-state index contributed by atoms with van der Waals surface area (Å²) in [6.45, 7) is 10.9. The summed E-state index contributed by atoms with van der Waals surface area (Å²) in [4.78, 5) is 17.6. The van der Waals surface area contributed by atoms with E-state index >= 15 is 0 Å². The maximum atomic E-state index is 5.89. The summed E-state index contributed by atoms with van der Waals surface area (Å²) in [5.41, 5.74) is 9.29. The number of aryl methyl sites for hydroxylation is 2. The fraction of sp³-hybridized carbons (Fsp3) is 0.184. The van der Waals surface area contributed by atoms with Crippen molar-refractivity contribution in [2.75, 3.05) is 13.2 Å². The maximum Gasteiger partial charge on any atom is -0.0134 e. The molecular formula is C76H72BBrCl2N14O4P2Pd. The van der Waals surface area contributed by atoms with Crippen molar-refractivity contribution in [1.29, 1.82) is 0 Å². The van der Waals surface area contributed by atoms with Gasteiger partial charge in [-0.05, 0) is 126 Å². The summed E-state index contributed by atoms with van der Waals surface area (Å²) in [5.74, 6) is 1.96. The summed E-state index contributed by atoms with van der Waals surface area (Å²) < 4.78 is 30.5. The Hall–Kier alpha value is -8.69. The van der Waals surface area contributed by atoms with Crippen LogP contribution in [-0.4, -0.2) is 101 Å². The van der Waals surface area contributed by atoms with Crippen LogP contribution in [-0.2, 0) is 65.3 Å². The Bertz CT molecular complexity index is 4640. The van der Waals surface area contributed by atoms with Crippen LogP contribution in [0.2, 0.25) is 0 Å². The van der Waals surface area contributed by atoms with Crippen molar-refractivity contribution in [3.8, 4) is 22.8 Å². The fourth-order valence-electron chi connectivity index (χ4n) is 11.3. The number of aromatic nitrogens is 14. The van der Waals surface area contributed by atoms with Crippen molar-refractivity contribution in [1.82, 2.24) is 69.5 Å². The molecule has 0 bridgehead atoms. The molecule has 9 heterocycles. The monoisotopic (exact) mass is 1570 g/mol. The van der Waals surface area contributed by atoms with Gasteiger partial charge >= 0.3 is 42.1 Å². The Kier molecular flexibility index (Phi) is 24.5. The summed E-state index contributed by atoms with van der Waals surface area (Å²) >= 11 is 3.21. The van der Waals surface area contributed by atoms with Gasteiger partial charge in [-0.15, -0.1) is 10.2 Å². The number of nitrogens with zero attached hydrogens (tertiary/aromatic N) is 14. The summed E-state index contributed by atoms with van der Waals surface area (Å²) in [6, 6.07) is 77.1. The molecular weight excluding hydrogens is 1500 g/mol. The van der Waals surface area contributed by atoms with E-state index in [9.17, 15) is 0 Å². The van der Waals surface area contributed by atoms with E-state index in [0.29, 0.717) is 40.3 Å². The van der Waals surface area contributed by atoms with Crippen LogP contribution >= 0.6 is 50.8 Å². The number of hydrogen-bond acceptors (Lipinski definition) is 14. The summed E-state index contributed by atoms with van der Waals surface area (Å²) in [6.07, 6.45) is 12.6. The second-order valence-corrected chi connectivity index (χ2v) is 32.1. The average Bonchev–Trinajstić information content (AvgIpc) is 1.54. The van der Waals surface area contributed by atoms with Gasteiger partial charge in [0.2, 0.25) is 11.3 Å². The van der Waals surface area contributed by atoms with Crippen molar-refractivity contribution in [3.63, 3.8) is 0 Å². The Balaban J connectivity index is 0.000000119. The molecule has 0 spiro atoms. The van der Waals surface area contributed by atoms with E-state index in [0.717, 1.165) is 65.4 Å². The van der Waals surface area contributed by atoms with Crippen LogP contribution in [0, 0.1) is 0 Å². The second kappa shape index (κ2) is 34.3. The summed E-state index contributed by atoms with van der Waals surface area (Å²) in [5, 5.41) is 33.2. The smallest absolute Gasteiger partial charge is 0.0134 e. The minimum absolute atomic E-state index is 0.106. The number of rotatable bonds is 12. The predicted molar refractivity (Wildman–Crippen MR) is 407 cm³/mol. The van der Waals surface area contributed by atoms with Gasteiger partial charge in [-0.2, -0.15) is 10.2 Å². The number of ether oxygens (including phenoxy) is 2. The molecule has 6 aromatic heterocycles. The minimum Gasteiger partial charge on any atom is -0.0622 e. The molecule has 101 heavy (non-hydrogen) atoms. The van der Waals surface area contributed by atoms with Gasteiger partial charge in [0.1, 0.15) is 16.1 Å². The minimum atomic E-state index is -0.446. The zero-order chi connectivity index (χ0) is 70.1. The van der Waals surface area contributed by atoms with E-state index < -0.39 is 15.8 Å². The normalized spacial score (nSPS) is 13.6. The molecule has 0 amide bonds. The fourth-order valence-corrected chi connectivity index (χ4v) is 16.2. The molecule has 17 rings (SSSR count). The van der Waals surface area contributed by atoms with Gasteiger partial charge in [0, 0.05) is 56.6 Å². The van der Waals surface area contributed by atoms with Gasteiger partial charge in [-0.1, -0.05) is 217 Å². The van der Waals surface area contributed by atoms with Crippen LogP contribution in [0.25, 0.3) is 33.8 Å². The number of fused-ring (bicyclic) bond motifs is 4. The zero-order valence-corrected chi connectivity index (χ0v) is 62.7. The van der Waals surface area contributed by atoms with E-state index in [4.69, 9.17) is 37.8 Å². The molecule has 3 aliphatic rings. The quantitative estimate of drug-likeness (QED) is 0.0831. The molecule has 0 aliphatic carbocycles. The van der Waals surface area contributed by atoms with Crippen LogP contribution in [0.3, 0.4) is 0 Å². The Morgan fingerprint density at radius 2 is 0.861 bits per heavy atom. The second-order valence-electron chi connectivity index (χ2n) is 24.5.